The van der Waals surface area contributed by atoms with E-state index < -0.39 is 11.7 Å². The molecule has 1 fully saturated rings. The van der Waals surface area contributed by atoms with E-state index in [-0.39, 0.29) is 23.9 Å². The lowest BCUT2D eigenvalue weighted by Gasteiger charge is -2.15. The molecular formula is C21H17F3N2O2. The minimum atomic E-state index is -4.42. The first-order valence-corrected chi connectivity index (χ1v) is 8.69. The van der Waals surface area contributed by atoms with E-state index >= 15 is 0 Å². The van der Waals surface area contributed by atoms with Gasteiger partial charge in [0, 0.05) is 29.8 Å². The van der Waals surface area contributed by atoms with Gasteiger partial charge in [0.1, 0.15) is 0 Å². The summed E-state index contributed by atoms with van der Waals surface area (Å²) in [6.07, 6.45) is -3.06. The number of benzene rings is 2. The van der Waals surface area contributed by atoms with Crippen LogP contribution in [0.4, 0.5) is 18.9 Å². The molecule has 144 valence electrons. The fraction of sp³-hybridized carbons (Fsp3) is 0.238. The SMILES string of the molecule is O=C(NCC#Cc1cccc(C(F)(F)F)c1)c1ccc(N2CCCC2=O)cc1. The topological polar surface area (TPSA) is 49.4 Å². The highest BCUT2D eigenvalue weighted by Gasteiger charge is 2.30. The molecule has 0 saturated carbocycles. The molecule has 2 amide bonds. The van der Waals surface area contributed by atoms with Crippen molar-refractivity contribution in [2.24, 2.45) is 0 Å². The third kappa shape index (κ3) is 4.71. The van der Waals surface area contributed by atoms with Crippen molar-refractivity contribution in [2.75, 3.05) is 18.0 Å². The zero-order valence-corrected chi connectivity index (χ0v) is 14.8. The Labute approximate surface area is 160 Å². The number of rotatable bonds is 3. The molecule has 28 heavy (non-hydrogen) atoms. The molecule has 7 heteroatoms. The molecule has 0 aromatic heterocycles. The number of carbonyl (C=O) groups is 2. The molecule has 0 aliphatic carbocycles. The van der Waals surface area contributed by atoms with E-state index in [1.807, 2.05) is 0 Å². The van der Waals surface area contributed by atoms with Crippen LogP contribution in [-0.2, 0) is 11.0 Å². The summed E-state index contributed by atoms with van der Waals surface area (Å²) in [4.78, 5) is 25.5. The Hall–Kier alpha value is -3.27. The molecule has 0 bridgehead atoms. The van der Waals surface area contributed by atoms with Crippen LogP contribution in [0.1, 0.15) is 34.3 Å². The summed E-state index contributed by atoms with van der Waals surface area (Å²) in [6, 6.07) is 11.4. The number of alkyl halides is 3. The lowest BCUT2D eigenvalue weighted by molar-refractivity contribution is -0.137. The maximum Gasteiger partial charge on any atom is 0.416 e. The van der Waals surface area contributed by atoms with Crippen molar-refractivity contribution in [1.82, 2.24) is 5.32 Å². The van der Waals surface area contributed by atoms with Crippen molar-refractivity contribution in [3.8, 4) is 11.8 Å². The third-order valence-electron chi connectivity index (χ3n) is 4.27. The van der Waals surface area contributed by atoms with E-state index in [0.29, 0.717) is 18.5 Å². The largest absolute Gasteiger partial charge is 0.416 e. The van der Waals surface area contributed by atoms with Crippen molar-refractivity contribution in [3.05, 3.63) is 65.2 Å². The molecule has 2 aromatic rings. The number of halogens is 3. The van der Waals surface area contributed by atoms with Crippen LogP contribution in [0.5, 0.6) is 0 Å². The summed E-state index contributed by atoms with van der Waals surface area (Å²) in [5, 5.41) is 2.60. The monoisotopic (exact) mass is 386 g/mol. The zero-order valence-electron chi connectivity index (χ0n) is 14.8. The lowest BCUT2D eigenvalue weighted by Crippen LogP contribution is -2.25. The van der Waals surface area contributed by atoms with Gasteiger partial charge in [-0.15, -0.1) is 0 Å². The van der Waals surface area contributed by atoms with Gasteiger partial charge in [-0.1, -0.05) is 17.9 Å². The van der Waals surface area contributed by atoms with Gasteiger partial charge in [-0.05, 0) is 48.9 Å². The Morgan fingerprint density at radius 2 is 1.89 bits per heavy atom. The van der Waals surface area contributed by atoms with Crippen LogP contribution in [0.25, 0.3) is 0 Å². The van der Waals surface area contributed by atoms with Gasteiger partial charge < -0.3 is 10.2 Å². The minimum Gasteiger partial charge on any atom is -0.341 e. The van der Waals surface area contributed by atoms with E-state index in [1.165, 1.54) is 12.1 Å². The molecule has 4 nitrogen and oxygen atoms in total. The normalized spacial score (nSPS) is 13.8. The van der Waals surface area contributed by atoms with E-state index in [2.05, 4.69) is 17.2 Å². The summed E-state index contributed by atoms with van der Waals surface area (Å²) in [7, 11) is 0. The maximum absolute atomic E-state index is 12.7. The van der Waals surface area contributed by atoms with Crippen LogP contribution in [-0.4, -0.2) is 24.9 Å². The second kappa shape index (κ2) is 8.17. The number of amides is 2. The predicted molar refractivity (Wildman–Crippen MR) is 98.7 cm³/mol. The van der Waals surface area contributed by atoms with Gasteiger partial charge in [0.2, 0.25) is 5.91 Å². The fourth-order valence-corrected chi connectivity index (χ4v) is 2.86. The summed E-state index contributed by atoms with van der Waals surface area (Å²) in [5.41, 5.74) is 0.628. The number of nitrogens with one attached hydrogen (secondary N) is 1. The second-order valence-corrected chi connectivity index (χ2v) is 6.26. The zero-order chi connectivity index (χ0) is 20.1. The second-order valence-electron chi connectivity index (χ2n) is 6.26. The molecule has 0 atom stereocenters. The quantitative estimate of drug-likeness (QED) is 0.820. The smallest absolute Gasteiger partial charge is 0.341 e. The highest BCUT2D eigenvalue weighted by molar-refractivity contribution is 5.97. The van der Waals surface area contributed by atoms with Gasteiger partial charge in [0.05, 0.1) is 12.1 Å². The molecule has 1 N–H and O–H groups in total. The van der Waals surface area contributed by atoms with E-state index in [9.17, 15) is 22.8 Å². The number of anilines is 1. The predicted octanol–water partition coefficient (Wildman–Crippen LogP) is 3.61. The Balaban J connectivity index is 1.57. The van der Waals surface area contributed by atoms with Crippen molar-refractivity contribution < 1.29 is 22.8 Å². The molecule has 2 aromatic carbocycles. The van der Waals surface area contributed by atoms with Gasteiger partial charge in [-0.2, -0.15) is 13.2 Å². The number of hydrogen-bond donors (Lipinski definition) is 1. The van der Waals surface area contributed by atoms with Crippen molar-refractivity contribution in [1.29, 1.82) is 0 Å². The Bertz CT molecular complexity index is 941. The van der Waals surface area contributed by atoms with Gasteiger partial charge in [0.15, 0.2) is 0 Å². The molecule has 1 heterocycles. The van der Waals surface area contributed by atoms with E-state index in [4.69, 9.17) is 0 Å². The number of carbonyl (C=O) groups excluding carboxylic acids is 2. The number of hydrogen-bond acceptors (Lipinski definition) is 2. The van der Waals surface area contributed by atoms with Crippen LogP contribution < -0.4 is 10.2 Å². The minimum absolute atomic E-state index is 0.00143. The summed E-state index contributed by atoms with van der Waals surface area (Å²) >= 11 is 0. The van der Waals surface area contributed by atoms with E-state index in [0.717, 1.165) is 24.2 Å². The van der Waals surface area contributed by atoms with Crippen LogP contribution in [0, 0.1) is 11.8 Å². The average Bonchev–Trinajstić information content (AvgIpc) is 3.11. The highest BCUT2D eigenvalue weighted by atomic mass is 19.4. The molecule has 1 aliphatic rings. The first kappa shape index (κ1) is 19.5. The van der Waals surface area contributed by atoms with Gasteiger partial charge >= 0.3 is 6.18 Å². The Morgan fingerprint density at radius 3 is 2.54 bits per heavy atom. The standard InChI is InChI=1S/C21H17F3N2O2/c22-21(23,24)17-6-1-4-15(14-17)5-2-12-25-20(28)16-8-10-18(11-9-16)26-13-3-7-19(26)27/h1,4,6,8-11,14H,3,7,12-13H2,(H,25,28). The van der Waals surface area contributed by atoms with Crippen molar-refractivity contribution in [2.45, 2.75) is 19.0 Å². The Kier molecular flexibility index (Phi) is 5.69. The molecule has 0 spiro atoms. The summed E-state index contributed by atoms with van der Waals surface area (Å²) in [6.45, 7) is 0.678. The van der Waals surface area contributed by atoms with Crippen LogP contribution in [0.2, 0.25) is 0 Å². The van der Waals surface area contributed by atoms with Gasteiger partial charge in [-0.25, -0.2) is 0 Å². The van der Waals surface area contributed by atoms with Crippen LogP contribution in [0.3, 0.4) is 0 Å². The van der Waals surface area contributed by atoms with Crippen molar-refractivity contribution in [3.63, 3.8) is 0 Å². The molecule has 1 saturated heterocycles. The summed E-state index contributed by atoms with van der Waals surface area (Å²) in [5.74, 6) is 4.97. The first-order chi connectivity index (χ1) is 13.3. The number of nitrogens with zero attached hydrogens (tertiary/aromatic N) is 1. The molecule has 0 radical (unpaired) electrons. The molecule has 0 unspecified atom stereocenters. The van der Waals surface area contributed by atoms with E-state index in [1.54, 1.807) is 29.2 Å². The maximum atomic E-state index is 12.7. The third-order valence-corrected chi connectivity index (χ3v) is 4.27. The molecule has 3 rings (SSSR count). The van der Waals surface area contributed by atoms with Crippen LogP contribution in [0.15, 0.2) is 48.5 Å². The molecular weight excluding hydrogens is 369 g/mol. The van der Waals surface area contributed by atoms with Gasteiger partial charge in [0.25, 0.3) is 5.91 Å². The summed E-state index contributed by atoms with van der Waals surface area (Å²) < 4.78 is 38.0. The Morgan fingerprint density at radius 1 is 1.14 bits per heavy atom. The van der Waals surface area contributed by atoms with Gasteiger partial charge in [-0.3, -0.25) is 9.59 Å². The molecule has 1 aliphatic heterocycles. The fourth-order valence-electron chi connectivity index (χ4n) is 2.86. The average molecular weight is 386 g/mol. The van der Waals surface area contributed by atoms with Crippen molar-refractivity contribution >= 4 is 17.5 Å². The highest BCUT2D eigenvalue weighted by Crippen LogP contribution is 2.29. The first-order valence-electron chi connectivity index (χ1n) is 8.69. The van der Waals surface area contributed by atoms with Crippen LogP contribution >= 0.6 is 0 Å². The lowest BCUT2D eigenvalue weighted by atomic mass is 10.1.